The number of hydrogen-bond donors (Lipinski definition) is 7. The van der Waals surface area contributed by atoms with Crippen molar-refractivity contribution in [1.29, 1.82) is 0 Å². The molecule has 1 spiro atoms. The van der Waals surface area contributed by atoms with E-state index < -0.39 is 65.0 Å². The second-order valence-corrected chi connectivity index (χ2v) is 14.9. The molecule has 2 aliphatic heterocycles. The Hall–Kier alpha value is -2.95. The highest BCUT2D eigenvalue weighted by atomic mass is 33.1. The second kappa shape index (κ2) is 13.5. The number of carbonyl (C=O) groups is 2. The molecule has 2 aromatic rings. The van der Waals surface area contributed by atoms with Gasteiger partial charge in [-0.2, -0.15) is 0 Å². The van der Waals surface area contributed by atoms with E-state index in [1.807, 2.05) is 0 Å². The first-order valence-electron chi connectivity index (χ1n) is 15.5. The van der Waals surface area contributed by atoms with Crippen molar-refractivity contribution in [2.24, 2.45) is 11.3 Å². The lowest BCUT2D eigenvalue weighted by molar-refractivity contribution is -0.315. The number of benzene rings is 1. The zero-order valence-electron chi connectivity index (χ0n) is 25.6. The van der Waals surface area contributed by atoms with Crippen molar-refractivity contribution in [2.75, 3.05) is 24.4 Å². The van der Waals surface area contributed by atoms with Crippen molar-refractivity contribution >= 4 is 39.0 Å². The summed E-state index contributed by atoms with van der Waals surface area (Å²) in [5.74, 6) is -1.59. The van der Waals surface area contributed by atoms with Crippen molar-refractivity contribution in [3.05, 3.63) is 76.7 Å². The molecule has 4 aliphatic rings. The fraction of sp³-hybridized carbons (Fsp3) is 0.485. The lowest BCUT2D eigenvalue weighted by Gasteiger charge is -2.49. The van der Waals surface area contributed by atoms with Gasteiger partial charge in [0.2, 0.25) is 6.29 Å². The minimum absolute atomic E-state index is 0.0605. The molecule has 2 aliphatic carbocycles. The monoisotopic (exact) mass is 686 g/mol. The van der Waals surface area contributed by atoms with Crippen LogP contribution in [0, 0.1) is 11.3 Å². The van der Waals surface area contributed by atoms with Gasteiger partial charge < -0.3 is 45.4 Å². The number of carbonyl (C=O) groups excluding carboxylic acids is 2. The number of nitrogens with one attached hydrogen (secondary N) is 1. The van der Waals surface area contributed by atoms with Crippen molar-refractivity contribution < 1.29 is 49.7 Å². The number of pyridine rings is 1. The number of anilines is 1. The van der Waals surface area contributed by atoms with E-state index >= 15 is 0 Å². The summed E-state index contributed by atoms with van der Waals surface area (Å²) < 4.78 is 11.9. The maximum atomic E-state index is 15.0. The van der Waals surface area contributed by atoms with E-state index in [1.165, 1.54) is 45.9 Å². The van der Waals surface area contributed by atoms with Crippen LogP contribution in [0.25, 0.3) is 0 Å². The van der Waals surface area contributed by atoms with E-state index in [0.29, 0.717) is 23.7 Å². The number of aliphatic hydroxyl groups is 6. The molecule has 7 N–H and O–H groups in total. The molecule has 14 heteroatoms. The number of aromatic nitrogens is 1. The van der Waals surface area contributed by atoms with Crippen molar-refractivity contribution in [3.8, 4) is 5.75 Å². The molecule has 47 heavy (non-hydrogen) atoms. The van der Waals surface area contributed by atoms with E-state index in [4.69, 9.17) is 9.47 Å². The van der Waals surface area contributed by atoms with E-state index in [-0.39, 0.29) is 48.5 Å². The Kier molecular flexibility index (Phi) is 9.76. The predicted octanol–water partition coefficient (Wildman–Crippen LogP) is 2.55. The molecule has 0 unspecified atom stereocenters. The topological polar surface area (TPSA) is 199 Å². The summed E-state index contributed by atoms with van der Waals surface area (Å²) in [5.41, 5.74) is -2.64. The molecule has 8 atom stereocenters. The van der Waals surface area contributed by atoms with E-state index in [2.05, 4.69) is 10.3 Å². The number of Topliss-reactive ketones (excluding diaryl/α,β-unsaturated/α-hetero) is 2. The predicted molar refractivity (Wildman–Crippen MR) is 175 cm³/mol. The molecule has 1 fully saturated rings. The van der Waals surface area contributed by atoms with Gasteiger partial charge in [-0.25, -0.2) is 4.98 Å². The van der Waals surface area contributed by atoms with Crippen LogP contribution in [-0.2, 0) is 11.2 Å². The van der Waals surface area contributed by atoms with Gasteiger partial charge in [0.15, 0.2) is 11.6 Å². The Morgan fingerprint density at radius 2 is 1.96 bits per heavy atom. The first-order chi connectivity index (χ1) is 22.6. The summed E-state index contributed by atoms with van der Waals surface area (Å²) in [4.78, 5) is 33.7. The van der Waals surface area contributed by atoms with E-state index in [1.54, 1.807) is 31.3 Å². The fourth-order valence-corrected chi connectivity index (χ4v) is 9.91. The van der Waals surface area contributed by atoms with Crippen LogP contribution >= 0.6 is 21.6 Å². The summed E-state index contributed by atoms with van der Waals surface area (Å²) >= 11 is 0. The number of ketones is 2. The van der Waals surface area contributed by atoms with E-state index in [9.17, 15) is 40.2 Å². The quantitative estimate of drug-likeness (QED) is 0.232. The van der Waals surface area contributed by atoms with Gasteiger partial charge in [0.1, 0.15) is 46.7 Å². The Morgan fingerprint density at radius 3 is 2.72 bits per heavy atom. The van der Waals surface area contributed by atoms with Crippen LogP contribution in [0.2, 0.25) is 0 Å². The van der Waals surface area contributed by atoms with E-state index in [0.717, 1.165) is 5.56 Å². The molecule has 12 nitrogen and oxygen atoms in total. The van der Waals surface area contributed by atoms with Crippen LogP contribution in [0.4, 0.5) is 5.82 Å². The maximum absolute atomic E-state index is 15.0. The zero-order chi connectivity index (χ0) is 33.5. The number of rotatable bonds is 4. The minimum atomic E-state index is -2.20. The number of hydrogen-bond acceptors (Lipinski definition) is 14. The molecule has 1 aromatic heterocycles. The fourth-order valence-electron chi connectivity index (χ4n) is 7.06. The molecule has 1 aromatic carbocycles. The first-order valence-corrected chi connectivity index (χ1v) is 17.9. The molecule has 6 rings (SSSR count). The van der Waals surface area contributed by atoms with Crippen LogP contribution < -0.4 is 10.1 Å². The highest BCUT2D eigenvalue weighted by molar-refractivity contribution is 8.77. The SMILES string of the molecule is CC1=C[C@@H]2C(=O)c3cccc4c3C(=O)[C@@]2(C(O)=C1)[C@H](CCCO)SSCNc1cc(ccn1)CC[C@]1(O)[C@H](O)[C@@H](CO)O[C@@H](O4)[C@@H]1O. The van der Waals surface area contributed by atoms with Crippen LogP contribution in [0.1, 0.15) is 52.5 Å². The average molecular weight is 687 g/mol. The van der Waals surface area contributed by atoms with Crippen molar-refractivity contribution in [2.45, 2.75) is 68.1 Å². The van der Waals surface area contributed by atoms with Gasteiger partial charge in [-0.3, -0.25) is 9.59 Å². The Bertz CT molecular complexity index is 1600. The molecule has 1 saturated heterocycles. The smallest absolute Gasteiger partial charge is 0.229 e. The van der Waals surface area contributed by atoms with Crippen LogP contribution in [-0.4, -0.2) is 102 Å². The largest absolute Gasteiger partial charge is 0.511 e. The lowest BCUT2D eigenvalue weighted by Crippen LogP contribution is -2.68. The molecule has 0 amide bonds. The highest BCUT2D eigenvalue weighted by Gasteiger charge is 2.62. The second-order valence-electron chi connectivity index (χ2n) is 12.3. The van der Waals surface area contributed by atoms with Gasteiger partial charge in [-0.1, -0.05) is 45.4 Å². The molecular formula is C33H38N2O10S2. The average Bonchev–Trinajstić information content (AvgIpc) is 3.06. The Morgan fingerprint density at radius 1 is 1.15 bits per heavy atom. The number of fused-ring (bicyclic) bond motifs is 4. The van der Waals surface area contributed by atoms with Crippen LogP contribution in [0.3, 0.4) is 0 Å². The summed E-state index contributed by atoms with van der Waals surface area (Å²) in [6, 6.07) is 7.98. The number of aryl methyl sites for hydroxylation is 1. The summed E-state index contributed by atoms with van der Waals surface area (Å²) in [7, 11) is 2.71. The minimum Gasteiger partial charge on any atom is -0.511 e. The standard InChI is InChI=1S/C33H38N2O10S2/c1-17-12-20-27(39)19-4-2-5-21-26(19)29(41)33(20,23(38)13-17)24(6-3-11-36)47-46-16-35-25-14-18(8-10-34-25)7-9-32(43)28(40)22(15-37)45-31(44-21)30(32)42/h2,4-5,8,10,12-14,20,22,24,28,30-31,36-38,40,42-43H,3,6-7,9,11,15-16H2,1H3,(H,34,35)/t20-,22-,24+,28-,30+,31-,32+,33+/m1/s1. The summed E-state index contributed by atoms with van der Waals surface area (Å²) in [6.07, 6.45) is -1.13. The summed E-state index contributed by atoms with van der Waals surface area (Å²) in [5, 5.41) is 68.4. The van der Waals surface area contributed by atoms with Gasteiger partial charge in [0.25, 0.3) is 0 Å². The number of allylic oxidation sites excluding steroid dienone is 4. The highest BCUT2D eigenvalue weighted by Crippen LogP contribution is 2.57. The molecule has 0 saturated carbocycles. The molecule has 6 bridgehead atoms. The number of nitrogens with zero attached hydrogens (tertiary/aromatic N) is 1. The number of aliphatic hydroxyl groups excluding tert-OH is 5. The van der Waals surface area contributed by atoms with Gasteiger partial charge >= 0.3 is 0 Å². The summed E-state index contributed by atoms with van der Waals surface area (Å²) in [6.45, 7) is 0.864. The third kappa shape index (κ3) is 5.78. The third-order valence-corrected chi connectivity index (χ3v) is 12.2. The van der Waals surface area contributed by atoms with Gasteiger partial charge in [0, 0.05) is 23.6 Å². The van der Waals surface area contributed by atoms with Crippen LogP contribution in [0.5, 0.6) is 5.75 Å². The number of ether oxygens (including phenoxy) is 2. The Labute approximate surface area is 279 Å². The molecule has 3 heterocycles. The van der Waals surface area contributed by atoms with Crippen molar-refractivity contribution in [3.63, 3.8) is 0 Å². The molecule has 0 radical (unpaired) electrons. The molecule has 252 valence electrons. The van der Waals surface area contributed by atoms with Gasteiger partial charge in [-0.15, -0.1) is 0 Å². The van der Waals surface area contributed by atoms with Crippen molar-refractivity contribution in [1.82, 2.24) is 4.98 Å². The van der Waals surface area contributed by atoms with Gasteiger partial charge in [-0.05, 0) is 62.4 Å². The lowest BCUT2D eigenvalue weighted by atomic mass is 9.57. The van der Waals surface area contributed by atoms with Crippen LogP contribution in [0.15, 0.2) is 60.0 Å². The first kappa shape index (κ1) is 33.9. The Balaban J connectivity index is 1.52. The normalized spacial score (nSPS) is 34.1. The van der Waals surface area contributed by atoms with Gasteiger partial charge in [0.05, 0.1) is 24.0 Å². The zero-order valence-corrected chi connectivity index (χ0v) is 27.2. The molecular weight excluding hydrogens is 649 g/mol. The third-order valence-electron chi connectivity index (χ3n) is 9.52. The maximum Gasteiger partial charge on any atom is 0.229 e.